The van der Waals surface area contributed by atoms with Crippen LogP contribution in [0.25, 0.3) is 0 Å². The highest BCUT2D eigenvalue weighted by Gasteiger charge is 2.19. The van der Waals surface area contributed by atoms with E-state index in [9.17, 15) is 20.2 Å². The lowest BCUT2D eigenvalue weighted by molar-refractivity contribution is -0.393. The Morgan fingerprint density at radius 3 is 2.57 bits per heavy atom. The first kappa shape index (κ1) is 14.2. The van der Waals surface area contributed by atoms with Crippen LogP contribution >= 0.6 is 0 Å². The molecule has 0 fully saturated rings. The van der Waals surface area contributed by atoms with E-state index in [1.54, 1.807) is 25.3 Å². The number of aromatic nitrogens is 1. The Labute approximate surface area is 118 Å². The summed E-state index contributed by atoms with van der Waals surface area (Å²) in [7, 11) is 0. The number of benzene rings is 1. The van der Waals surface area contributed by atoms with E-state index in [0.29, 0.717) is 5.71 Å². The number of hydrogen-bond donors (Lipinski definition) is 2. The summed E-state index contributed by atoms with van der Waals surface area (Å²) in [6.07, 6.45) is 1.72. The Balaban J connectivity index is 2.29. The topological polar surface area (TPSA) is 126 Å². The van der Waals surface area contributed by atoms with Crippen molar-refractivity contribution in [2.45, 2.75) is 6.92 Å². The number of rotatable bonds is 5. The highest BCUT2D eigenvalue weighted by atomic mass is 16.6. The lowest BCUT2D eigenvalue weighted by Gasteiger charge is -2.03. The second kappa shape index (κ2) is 5.82. The van der Waals surface area contributed by atoms with Crippen LogP contribution in [-0.4, -0.2) is 20.5 Å². The summed E-state index contributed by atoms with van der Waals surface area (Å²) in [5, 5.41) is 25.6. The highest BCUT2D eigenvalue weighted by molar-refractivity contribution is 5.97. The summed E-state index contributed by atoms with van der Waals surface area (Å²) >= 11 is 0. The molecule has 0 amide bonds. The maximum Gasteiger partial charge on any atom is 0.301 e. The van der Waals surface area contributed by atoms with Crippen LogP contribution in [0.1, 0.15) is 12.6 Å². The van der Waals surface area contributed by atoms with Gasteiger partial charge >= 0.3 is 5.69 Å². The van der Waals surface area contributed by atoms with Crippen molar-refractivity contribution in [3.8, 4) is 0 Å². The number of anilines is 1. The first-order valence-electron chi connectivity index (χ1n) is 5.86. The zero-order chi connectivity index (χ0) is 15.4. The molecule has 2 rings (SSSR count). The van der Waals surface area contributed by atoms with Crippen molar-refractivity contribution < 1.29 is 9.85 Å². The number of H-pyrrole nitrogens is 1. The van der Waals surface area contributed by atoms with E-state index < -0.39 is 15.5 Å². The van der Waals surface area contributed by atoms with Crippen LogP contribution < -0.4 is 5.43 Å². The number of nitro groups is 2. The fourth-order valence-electron chi connectivity index (χ4n) is 1.64. The van der Waals surface area contributed by atoms with Gasteiger partial charge in [-0.1, -0.05) is 0 Å². The third kappa shape index (κ3) is 3.21. The Kier molecular flexibility index (Phi) is 3.93. The molecule has 9 heteroatoms. The number of hydrogen-bond acceptors (Lipinski definition) is 6. The summed E-state index contributed by atoms with van der Waals surface area (Å²) in [5.41, 5.74) is 3.22. The van der Waals surface area contributed by atoms with Gasteiger partial charge < -0.3 is 4.98 Å². The predicted molar refractivity (Wildman–Crippen MR) is 76.4 cm³/mol. The second-order valence-electron chi connectivity index (χ2n) is 4.11. The monoisotopic (exact) mass is 289 g/mol. The van der Waals surface area contributed by atoms with Crippen molar-refractivity contribution in [2.24, 2.45) is 5.10 Å². The Bertz CT molecular complexity index is 708. The summed E-state index contributed by atoms with van der Waals surface area (Å²) in [4.78, 5) is 23.1. The molecule has 0 unspecified atom stereocenters. The zero-order valence-corrected chi connectivity index (χ0v) is 10.9. The maximum atomic E-state index is 11.0. The number of non-ortho nitro benzene ring substituents is 1. The molecule has 1 aromatic heterocycles. The van der Waals surface area contributed by atoms with Crippen molar-refractivity contribution in [3.63, 3.8) is 0 Å². The Hall–Kier alpha value is -3.23. The molecule has 1 aromatic carbocycles. The van der Waals surface area contributed by atoms with Gasteiger partial charge in [0, 0.05) is 12.3 Å². The van der Waals surface area contributed by atoms with Gasteiger partial charge in [0.05, 0.1) is 27.3 Å². The van der Waals surface area contributed by atoms with Gasteiger partial charge in [-0.2, -0.15) is 5.10 Å². The minimum absolute atomic E-state index is 0.0801. The van der Waals surface area contributed by atoms with Crippen molar-refractivity contribution in [1.82, 2.24) is 4.98 Å². The average Bonchev–Trinajstić information content (AvgIpc) is 2.98. The number of nitro benzene ring substituents is 2. The molecule has 0 saturated heterocycles. The molecule has 2 N–H and O–H groups in total. The second-order valence-corrected chi connectivity index (χ2v) is 4.11. The fraction of sp³-hybridized carbons (Fsp3) is 0.0833. The molecule has 9 nitrogen and oxygen atoms in total. The predicted octanol–water partition coefficient (Wildman–Crippen LogP) is 2.67. The minimum Gasteiger partial charge on any atom is -0.360 e. The van der Waals surface area contributed by atoms with E-state index in [4.69, 9.17) is 0 Å². The van der Waals surface area contributed by atoms with Gasteiger partial charge in [0.2, 0.25) is 0 Å². The van der Waals surface area contributed by atoms with Gasteiger partial charge in [0.25, 0.3) is 5.69 Å². The number of nitrogens with zero attached hydrogens (tertiary/aromatic N) is 3. The summed E-state index contributed by atoms with van der Waals surface area (Å²) in [6, 6.07) is 6.91. The van der Waals surface area contributed by atoms with Gasteiger partial charge in [-0.25, -0.2) is 0 Å². The highest BCUT2D eigenvalue weighted by Crippen LogP contribution is 2.28. The van der Waals surface area contributed by atoms with Crippen LogP contribution in [0, 0.1) is 20.2 Å². The molecule has 0 aliphatic carbocycles. The van der Waals surface area contributed by atoms with E-state index in [1.165, 1.54) is 12.1 Å². The molecule has 0 radical (unpaired) electrons. The molecule has 0 atom stereocenters. The normalized spacial score (nSPS) is 11.2. The summed E-state index contributed by atoms with van der Waals surface area (Å²) in [6.45, 7) is 1.72. The number of nitrogens with one attached hydrogen (secondary N) is 2. The maximum absolute atomic E-state index is 11.0. The lowest BCUT2D eigenvalue weighted by Crippen LogP contribution is -2.02. The molecule has 0 spiro atoms. The molecule has 0 aliphatic rings. The molecular weight excluding hydrogens is 278 g/mol. The van der Waals surface area contributed by atoms with Crippen LogP contribution in [0.2, 0.25) is 0 Å². The molecular formula is C12H11N5O4. The first-order valence-corrected chi connectivity index (χ1v) is 5.86. The first-order chi connectivity index (χ1) is 9.99. The molecule has 0 aliphatic heterocycles. The van der Waals surface area contributed by atoms with Crippen LogP contribution in [0.4, 0.5) is 17.1 Å². The van der Waals surface area contributed by atoms with Gasteiger partial charge in [-0.15, -0.1) is 0 Å². The van der Waals surface area contributed by atoms with E-state index in [0.717, 1.165) is 11.8 Å². The van der Waals surface area contributed by atoms with E-state index in [1.807, 2.05) is 0 Å². The van der Waals surface area contributed by atoms with Crippen LogP contribution in [0.5, 0.6) is 0 Å². The molecule has 1 heterocycles. The Morgan fingerprint density at radius 2 is 2.00 bits per heavy atom. The van der Waals surface area contributed by atoms with Gasteiger partial charge in [0.1, 0.15) is 5.69 Å². The van der Waals surface area contributed by atoms with Crippen LogP contribution in [0.15, 0.2) is 41.6 Å². The van der Waals surface area contributed by atoms with Crippen molar-refractivity contribution in [1.29, 1.82) is 0 Å². The van der Waals surface area contributed by atoms with Gasteiger partial charge in [-0.05, 0) is 25.1 Å². The number of aromatic amines is 1. The van der Waals surface area contributed by atoms with E-state index >= 15 is 0 Å². The number of hydrazone groups is 1. The largest absolute Gasteiger partial charge is 0.360 e. The van der Waals surface area contributed by atoms with Gasteiger partial charge in [0.15, 0.2) is 0 Å². The SMILES string of the molecule is C/C(=N/Nc1ccc([N+](=O)[O-])cc1[N+](=O)[O-])c1ccc[nH]1. The molecule has 21 heavy (non-hydrogen) atoms. The standard InChI is InChI=1S/C12H11N5O4/c1-8(10-3-2-6-13-10)14-15-11-5-4-9(16(18)19)7-12(11)17(20)21/h2-7,13,15H,1H3/b14-8-. The minimum atomic E-state index is -0.700. The molecule has 0 bridgehead atoms. The average molecular weight is 289 g/mol. The molecule has 2 aromatic rings. The fourth-order valence-corrected chi connectivity index (χ4v) is 1.64. The third-order valence-electron chi connectivity index (χ3n) is 2.72. The van der Waals surface area contributed by atoms with E-state index in [-0.39, 0.29) is 11.4 Å². The van der Waals surface area contributed by atoms with E-state index in [2.05, 4.69) is 15.5 Å². The van der Waals surface area contributed by atoms with Crippen molar-refractivity contribution in [2.75, 3.05) is 5.43 Å². The van der Waals surface area contributed by atoms with Crippen molar-refractivity contribution in [3.05, 3.63) is 62.5 Å². The summed E-state index contributed by atoms with van der Waals surface area (Å²) < 4.78 is 0. The van der Waals surface area contributed by atoms with Crippen molar-refractivity contribution >= 4 is 22.8 Å². The zero-order valence-electron chi connectivity index (χ0n) is 10.9. The Morgan fingerprint density at radius 1 is 1.24 bits per heavy atom. The van der Waals surface area contributed by atoms with Gasteiger partial charge in [-0.3, -0.25) is 25.7 Å². The summed E-state index contributed by atoms with van der Waals surface area (Å²) in [5.74, 6) is 0. The molecule has 108 valence electrons. The van der Waals surface area contributed by atoms with Crippen LogP contribution in [0.3, 0.4) is 0 Å². The lowest BCUT2D eigenvalue weighted by atomic mass is 10.2. The van der Waals surface area contributed by atoms with Crippen LogP contribution in [-0.2, 0) is 0 Å². The molecule has 0 saturated carbocycles. The third-order valence-corrected chi connectivity index (χ3v) is 2.72. The smallest absolute Gasteiger partial charge is 0.301 e. The quantitative estimate of drug-likeness (QED) is 0.497.